The summed E-state index contributed by atoms with van der Waals surface area (Å²) in [4.78, 5) is 20.9. The van der Waals surface area contributed by atoms with Crippen molar-refractivity contribution in [2.24, 2.45) is 0 Å². The van der Waals surface area contributed by atoms with Gasteiger partial charge in [-0.2, -0.15) is 15.4 Å². The second-order valence-corrected chi connectivity index (χ2v) is 6.35. The predicted octanol–water partition coefficient (Wildman–Crippen LogP) is 1.17. The first-order chi connectivity index (χ1) is 12.1. The Balaban J connectivity index is 1.69. The summed E-state index contributed by atoms with van der Waals surface area (Å²) in [5.74, 6) is 0.749. The van der Waals surface area contributed by atoms with Crippen molar-refractivity contribution in [2.45, 2.75) is 32.3 Å². The van der Waals surface area contributed by atoms with E-state index in [0.29, 0.717) is 24.2 Å². The summed E-state index contributed by atoms with van der Waals surface area (Å²) in [5, 5.41) is 20.9. The Morgan fingerprint density at radius 3 is 2.84 bits per heavy atom. The van der Waals surface area contributed by atoms with Crippen LogP contribution in [0.2, 0.25) is 0 Å². The van der Waals surface area contributed by atoms with Crippen LogP contribution in [-0.4, -0.2) is 62.5 Å². The Morgan fingerprint density at radius 1 is 1.40 bits per heavy atom. The van der Waals surface area contributed by atoms with Crippen LogP contribution in [0.3, 0.4) is 0 Å². The highest BCUT2D eigenvalue weighted by atomic mass is 16.3. The summed E-state index contributed by atoms with van der Waals surface area (Å²) >= 11 is 0. The van der Waals surface area contributed by atoms with Crippen molar-refractivity contribution >= 4 is 11.7 Å². The van der Waals surface area contributed by atoms with Gasteiger partial charge in [-0.25, -0.2) is 4.98 Å². The number of amides is 1. The molecular weight excluding hydrogens is 320 g/mol. The minimum absolute atomic E-state index is 0.128. The highest BCUT2D eigenvalue weighted by Crippen LogP contribution is 2.31. The number of hydrogen-bond donors (Lipinski definition) is 2. The molecule has 8 nitrogen and oxygen atoms in total. The second-order valence-electron chi connectivity index (χ2n) is 6.35. The molecular formula is C17H24N6O2. The molecule has 1 aliphatic heterocycles. The molecule has 0 bridgehead atoms. The maximum Gasteiger partial charge on any atom is 0.255 e. The maximum atomic E-state index is 12.7. The van der Waals surface area contributed by atoms with Gasteiger partial charge < -0.3 is 14.9 Å². The fourth-order valence-corrected chi connectivity index (χ4v) is 3.19. The van der Waals surface area contributed by atoms with Crippen molar-refractivity contribution in [1.82, 2.24) is 25.3 Å². The first-order valence-electron chi connectivity index (χ1n) is 8.66. The Bertz CT molecular complexity index is 702. The van der Waals surface area contributed by atoms with E-state index in [4.69, 9.17) is 0 Å². The number of H-pyrrole nitrogens is 1. The third-order valence-electron chi connectivity index (χ3n) is 4.62. The Labute approximate surface area is 146 Å². The summed E-state index contributed by atoms with van der Waals surface area (Å²) in [6, 6.07) is 3.68. The number of likely N-dealkylation sites (tertiary alicyclic amines) is 1. The molecule has 134 valence electrons. The fraction of sp³-hybridized carbons (Fsp3) is 0.529. The van der Waals surface area contributed by atoms with Crippen molar-refractivity contribution < 1.29 is 9.90 Å². The van der Waals surface area contributed by atoms with Crippen LogP contribution in [-0.2, 0) is 5.60 Å². The SMILES string of the molecule is CCCN(CC)c1ccc(C(=O)N2CC[C@@](O)(c3cn[nH]n3)C2)cn1. The van der Waals surface area contributed by atoms with Crippen LogP contribution in [0.4, 0.5) is 5.82 Å². The molecule has 2 aromatic rings. The Morgan fingerprint density at radius 2 is 2.24 bits per heavy atom. The number of hydrogen-bond acceptors (Lipinski definition) is 6. The van der Waals surface area contributed by atoms with Crippen LogP contribution in [0.25, 0.3) is 0 Å². The molecule has 1 atom stereocenters. The smallest absolute Gasteiger partial charge is 0.255 e. The number of β-amino-alcohol motifs (C(OH)–C–C–N with tert-alkyl or cyclic N) is 1. The highest BCUT2D eigenvalue weighted by Gasteiger charge is 2.41. The zero-order chi connectivity index (χ0) is 17.9. The van der Waals surface area contributed by atoms with Crippen LogP contribution in [0, 0.1) is 0 Å². The van der Waals surface area contributed by atoms with Crippen molar-refractivity contribution in [2.75, 3.05) is 31.1 Å². The monoisotopic (exact) mass is 344 g/mol. The molecule has 0 unspecified atom stereocenters. The lowest BCUT2D eigenvalue weighted by molar-refractivity contribution is 0.0382. The lowest BCUT2D eigenvalue weighted by Gasteiger charge is -2.22. The normalized spacial score (nSPS) is 20.0. The third-order valence-corrected chi connectivity index (χ3v) is 4.62. The van der Waals surface area contributed by atoms with E-state index < -0.39 is 5.60 Å². The van der Waals surface area contributed by atoms with Gasteiger partial charge >= 0.3 is 0 Å². The van der Waals surface area contributed by atoms with E-state index in [1.807, 2.05) is 6.07 Å². The number of nitrogens with zero attached hydrogens (tertiary/aromatic N) is 5. The summed E-state index contributed by atoms with van der Waals surface area (Å²) in [6.45, 7) is 6.71. The van der Waals surface area contributed by atoms with Crippen LogP contribution < -0.4 is 4.90 Å². The number of aromatic amines is 1. The fourth-order valence-electron chi connectivity index (χ4n) is 3.19. The van der Waals surface area contributed by atoms with Crippen molar-refractivity contribution in [3.63, 3.8) is 0 Å². The molecule has 8 heteroatoms. The number of rotatable bonds is 6. The van der Waals surface area contributed by atoms with Crippen LogP contribution in [0.15, 0.2) is 24.5 Å². The predicted molar refractivity (Wildman–Crippen MR) is 93.2 cm³/mol. The molecule has 0 saturated carbocycles. The van der Waals surface area contributed by atoms with Gasteiger partial charge in [-0.05, 0) is 25.5 Å². The standard InChI is InChI=1S/C17H24N6O2/c1-3-8-22(4-2)15-6-5-13(10-18-15)16(24)23-9-7-17(25,12-23)14-11-19-21-20-14/h5-6,10-11,25H,3-4,7-9,12H2,1-2H3,(H,19,20,21)/t17-/m0/s1. The van der Waals surface area contributed by atoms with E-state index in [1.54, 1.807) is 17.2 Å². The number of aliphatic hydroxyl groups is 1. The largest absolute Gasteiger partial charge is 0.381 e. The lowest BCUT2D eigenvalue weighted by Crippen LogP contribution is -2.34. The average molecular weight is 344 g/mol. The molecule has 0 spiro atoms. The molecule has 0 aliphatic carbocycles. The summed E-state index contributed by atoms with van der Waals surface area (Å²) in [7, 11) is 0. The third kappa shape index (κ3) is 3.48. The Kier molecular flexibility index (Phi) is 4.98. The van der Waals surface area contributed by atoms with Crippen LogP contribution >= 0.6 is 0 Å². The van der Waals surface area contributed by atoms with Crippen molar-refractivity contribution in [3.8, 4) is 0 Å². The average Bonchev–Trinajstić information content (AvgIpc) is 3.30. The van der Waals surface area contributed by atoms with Gasteiger partial charge in [-0.15, -0.1) is 0 Å². The van der Waals surface area contributed by atoms with Gasteiger partial charge in [0, 0.05) is 32.3 Å². The van der Waals surface area contributed by atoms with Gasteiger partial charge in [0.15, 0.2) is 0 Å². The van der Waals surface area contributed by atoms with E-state index in [1.165, 1.54) is 6.20 Å². The van der Waals surface area contributed by atoms with Gasteiger partial charge in [0.1, 0.15) is 17.1 Å². The quantitative estimate of drug-likeness (QED) is 0.816. The number of carbonyl (C=O) groups is 1. The molecule has 25 heavy (non-hydrogen) atoms. The van der Waals surface area contributed by atoms with Gasteiger partial charge in [-0.3, -0.25) is 4.79 Å². The van der Waals surface area contributed by atoms with Gasteiger partial charge in [0.25, 0.3) is 5.91 Å². The van der Waals surface area contributed by atoms with E-state index in [2.05, 4.69) is 39.1 Å². The van der Waals surface area contributed by atoms with Crippen molar-refractivity contribution in [3.05, 3.63) is 35.8 Å². The lowest BCUT2D eigenvalue weighted by atomic mass is 10.00. The molecule has 0 radical (unpaired) electrons. The van der Waals surface area contributed by atoms with E-state index >= 15 is 0 Å². The molecule has 2 N–H and O–H groups in total. The molecule has 0 aromatic carbocycles. The number of anilines is 1. The van der Waals surface area contributed by atoms with Crippen molar-refractivity contribution in [1.29, 1.82) is 0 Å². The topological polar surface area (TPSA) is 98.2 Å². The molecule has 1 aliphatic rings. The minimum atomic E-state index is -1.14. The van der Waals surface area contributed by atoms with Gasteiger partial charge in [0.05, 0.1) is 18.3 Å². The zero-order valence-corrected chi connectivity index (χ0v) is 14.6. The number of aromatic nitrogens is 4. The molecule has 1 fully saturated rings. The first-order valence-corrected chi connectivity index (χ1v) is 8.66. The zero-order valence-electron chi connectivity index (χ0n) is 14.6. The van der Waals surface area contributed by atoms with Crippen LogP contribution in [0.5, 0.6) is 0 Å². The summed E-state index contributed by atoms with van der Waals surface area (Å²) < 4.78 is 0. The van der Waals surface area contributed by atoms with Gasteiger partial charge in [0.2, 0.25) is 0 Å². The second kappa shape index (κ2) is 7.18. The van der Waals surface area contributed by atoms with E-state index in [0.717, 1.165) is 25.3 Å². The summed E-state index contributed by atoms with van der Waals surface area (Å²) in [6.07, 6.45) is 4.60. The van der Waals surface area contributed by atoms with E-state index in [-0.39, 0.29) is 12.5 Å². The number of carbonyl (C=O) groups excluding carboxylic acids is 1. The highest BCUT2D eigenvalue weighted by molar-refractivity contribution is 5.94. The maximum absolute atomic E-state index is 12.7. The molecule has 2 aromatic heterocycles. The van der Waals surface area contributed by atoms with Gasteiger partial charge in [-0.1, -0.05) is 6.92 Å². The molecule has 3 heterocycles. The molecule has 1 amide bonds. The van der Waals surface area contributed by atoms with Crippen LogP contribution in [0.1, 0.15) is 42.7 Å². The summed E-state index contributed by atoms with van der Waals surface area (Å²) in [5.41, 5.74) is -0.147. The molecule has 3 rings (SSSR count). The number of pyridine rings is 1. The Hall–Kier alpha value is -2.48. The first kappa shape index (κ1) is 17.3. The number of nitrogens with one attached hydrogen (secondary N) is 1. The minimum Gasteiger partial charge on any atom is -0.381 e. The molecule has 1 saturated heterocycles. The van der Waals surface area contributed by atoms with E-state index in [9.17, 15) is 9.90 Å².